The van der Waals surface area contributed by atoms with Crippen molar-refractivity contribution in [2.75, 3.05) is 0 Å². The second kappa shape index (κ2) is 3.38. The van der Waals surface area contributed by atoms with Crippen molar-refractivity contribution in [3.05, 3.63) is 29.3 Å². The van der Waals surface area contributed by atoms with Crippen molar-refractivity contribution in [2.45, 2.75) is 32.8 Å². The third-order valence-corrected chi connectivity index (χ3v) is 2.12. The number of aliphatic hydroxyl groups excluding tert-OH is 1. The summed E-state index contributed by atoms with van der Waals surface area (Å²) in [4.78, 5) is 0. The fraction of sp³-hybridized carbons (Fsp3) is 0.455. The molecular weight excluding hydrogens is 164 g/mol. The number of hydrogen-bond acceptors (Lipinski definition) is 2. The molecule has 1 aromatic carbocycles. The van der Waals surface area contributed by atoms with Crippen molar-refractivity contribution >= 4 is 0 Å². The molecule has 0 fully saturated rings. The van der Waals surface area contributed by atoms with Gasteiger partial charge in [-0.05, 0) is 17.0 Å². The molecule has 0 saturated heterocycles. The molecule has 0 aliphatic heterocycles. The standard InChI is InChI=1S/C11H16O2/c1-11(2,3)9-5-4-6-10(13)8(9)7-12/h4-6,12-13H,7H2,1-3H3. The summed E-state index contributed by atoms with van der Waals surface area (Å²) in [7, 11) is 0. The minimum absolute atomic E-state index is 0.0448. The first-order chi connectivity index (χ1) is 5.96. The molecule has 2 heteroatoms. The lowest BCUT2D eigenvalue weighted by Crippen LogP contribution is -2.14. The fourth-order valence-corrected chi connectivity index (χ4v) is 1.44. The Labute approximate surface area is 78.8 Å². The predicted octanol–water partition coefficient (Wildman–Crippen LogP) is 2.18. The zero-order chi connectivity index (χ0) is 10.1. The Kier molecular flexibility index (Phi) is 2.62. The number of phenols is 1. The second-order valence-corrected chi connectivity index (χ2v) is 4.21. The summed E-state index contributed by atoms with van der Waals surface area (Å²) in [5.74, 6) is 0.176. The maximum atomic E-state index is 9.49. The van der Waals surface area contributed by atoms with E-state index in [9.17, 15) is 5.11 Å². The highest BCUT2D eigenvalue weighted by atomic mass is 16.3. The smallest absolute Gasteiger partial charge is 0.121 e. The summed E-state index contributed by atoms with van der Waals surface area (Å²) in [5.41, 5.74) is 1.58. The first kappa shape index (κ1) is 10.1. The van der Waals surface area contributed by atoms with Crippen LogP contribution in [0.3, 0.4) is 0 Å². The van der Waals surface area contributed by atoms with Crippen LogP contribution in [-0.4, -0.2) is 10.2 Å². The molecule has 0 spiro atoms. The van der Waals surface area contributed by atoms with E-state index in [1.165, 1.54) is 0 Å². The molecule has 72 valence electrons. The normalized spacial score (nSPS) is 11.7. The third-order valence-electron chi connectivity index (χ3n) is 2.12. The number of aromatic hydroxyl groups is 1. The van der Waals surface area contributed by atoms with Crippen LogP contribution >= 0.6 is 0 Å². The highest BCUT2D eigenvalue weighted by Crippen LogP contribution is 2.30. The first-order valence-corrected chi connectivity index (χ1v) is 4.39. The topological polar surface area (TPSA) is 40.5 Å². The van der Waals surface area contributed by atoms with Gasteiger partial charge in [-0.2, -0.15) is 0 Å². The first-order valence-electron chi connectivity index (χ1n) is 4.39. The molecule has 0 heterocycles. The number of hydrogen-bond donors (Lipinski definition) is 2. The molecular formula is C11H16O2. The number of benzene rings is 1. The zero-order valence-electron chi connectivity index (χ0n) is 8.33. The second-order valence-electron chi connectivity index (χ2n) is 4.21. The van der Waals surface area contributed by atoms with Crippen LogP contribution in [0.2, 0.25) is 0 Å². The van der Waals surface area contributed by atoms with Gasteiger partial charge in [0.25, 0.3) is 0 Å². The van der Waals surface area contributed by atoms with E-state index >= 15 is 0 Å². The number of aliphatic hydroxyl groups is 1. The molecule has 0 atom stereocenters. The van der Waals surface area contributed by atoms with E-state index in [2.05, 4.69) is 20.8 Å². The van der Waals surface area contributed by atoms with Gasteiger partial charge in [0.1, 0.15) is 5.75 Å². The van der Waals surface area contributed by atoms with E-state index in [1.807, 2.05) is 6.07 Å². The summed E-state index contributed by atoms with van der Waals surface area (Å²) in [6, 6.07) is 5.33. The van der Waals surface area contributed by atoms with Crippen molar-refractivity contribution in [1.29, 1.82) is 0 Å². The minimum atomic E-state index is -0.112. The van der Waals surface area contributed by atoms with Crippen molar-refractivity contribution in [2.24, 2.45) is 0 Å². The largest absolute Gasteiger partial charge is 0.508 e. The van der Waals surface area contributed by atoms with E-state index in [-0.39, 0.29) is 17.8 Å². The molecule has 0 bridgehead atoms. The Morgan fingerprint density at radius 1 is 1.23 bits per heavy atom. The average molecular weight is 180 g/mol. The maximum Gasteiger partial charge on any atom is 0.121 e. The Bertz CT molecular complexity index is 297. The Morgan fingerprint density at radius 2 is 1.85 bits per heavy atom. The van der Waals surface area contributed by atoms with Crippen molar-refractivity contribution in [3.8, 4) is 5.75 Å². The molecule has 1 aromatic rings. The van der Waals surface area contributed by atoms with Gasteiger partial charge in [0.15, 0.2) is 0 Å². The van der Waals surface area contributed by atoms with Crippen LogP contribution in [-0.2, 0) is 12.0 Å². The van der Waals surface area contributed by atoms with Gasteiger partial charge in [0, 0.05) is 5.56 Å². The van der Waals surface area contributed by atoms with Crippen LogP contribution in [0.25, 0.3) is 0 Å². The summed E-state index contributed by atoms with van der Waals surface area (Å²) in [6.45, 7) is 6.06. The van der Waals surface area contributed by atoms with Gasteiger partial charge in [0.2, 0.25) is 0 Å². The van der Waals surface area contributed by atoms with Gasteiger partial charge in [-0.15, -0.1) is 0 Å². The van der Waals surface area contributed by atoms with E-state index < -0.39 is 0 Å². The molecule has 2 nitrogen and oxygen atoms in total. The molecule has 1 rings (SSSR count). The summed E-state index contributed by atoms with van der Waals surface area (Å²) >= 11 is 0. The van der Waals surface area contributed by atoms with E-state index in [0.717, 1.165) is 5.56 Å². The fourth-order valence-electron chi connectivity index (χ4n) is 1.44. The van der Waals surface area contributed by atoms with Gasteiger partial charge in [-0.1, -0.05) is 32.9 Å². The zero-order valence-corrected chi connectivity index (χ0v) is 8.33. The molecule has 0 amide bonds. The molecule has 13 heavy (non-hydrogen) atoms. The van der Waals surface area contributed by atoms with Crippen LogP contribution in [0.5, 0.6) is 5.75 Å². The van der Waals surface area contributed by atoms with E-state index in [1.54, 1.807) is 12.1 Å². The van der Waals surface area contributed by atoms with Crippen molar-refractivity contribution in [3.63, 3.8) is 0 Å². The van der Waals surface area contributed by atoms with Crippen LogP contribution in [0.15, 0.2) is 18.2 Å². The quantitative estimate of drug-likeness (QED) is 0.695. The number of rotatable bonds is 1. The predicted molar refractivity (Wildman–Crippen MR) is 52.7 cm³/mol. The van der Waals surface area contributed by atoms with Crippen LogP contribution in [0.4, 0.5) is 0 Å². The molecule has 0 aliphatic carbocycles. The van der Waals surface area contributed by atoms with Gasteiger partial charge in [0.05, 0.1) is 6.61 Å². The Balaban J connectivity index is 3.29. The lowest BCUT2D eigenvalue weighted by atomic mass is 9.83. The van der Waals surface area contributed by atoms with Gasteiger partial charge < -0.3 is 10.2 Å². The van der Waals surface area contributed by atoms with Crippen LogP contribution in [0.1, 0.15) is 31.9 Å². The molecule has 0 aromatic heterocycles. The maximum absolute atomic E-state index is 9.49. The third kappa shape index (κ3) is 2.01. The SMILES string of the molecule is CC(C)(C)c1cccc(O)c1CO. The van der Waals surface area contributed by atoms with E-state index in [4.69, 9.17) is 5.11 Å². The van der Waals surface area contributed by atoms with E-state index in [0.29, 0.717) is 5.56 Å². The van der Waals surface area contributed by atoms with Crippen molar-refractivity contribution < 1.29 is 10.2 Å². The molecule has 0 aliphatic rings. The lowest BCUT2D eigenvalue weighted by Gasteiger charge is -2.22. The van der Waals surface area contributed by atoms with Crippen LogP contribution < -0.4 is 0 Å². The lowest BCUT2D eigenvalue weighted by molar-refractivity contribution is 0.272. The minimum Gasteiger partial charge on any atom is -0.508 e. The monoisotopic (exact) mass is 180 g/mol. The highest BCUT2D eigenvalue weighted by molar-refractivity contribution is 5.42. The Morgan fingerprint density at radius 3 is 2.23 bits per heavy atom. The average Bonchev–Trinajstić information content (AvgIpc) is 2.02. The van der Waals surface area contributed by atoms with Gasteiger partial charge in [-0.3, -0.25) is 0 Å². The van der Waals surface area contributed by atoms with Gasteiger partial charge in [-0.25, -0.2) is 0 Å². The van der Waals surface area contributed by atoms with Crippen LogP contribution in [0, 0.1) is 0 Å². The van der Waals surface area contributed by atoms with Crippen molar-refractivity contribution in [1.82, 2.24) is 0 Å². The Hall–Kier alpha value is -1.02. The molecule has 0 saturated carbocycles. The summed E-state index contributed by atoms with van der Waals surface area (Å²) in [5, 5.41) is 18.6. The summed E-state index contributed by atoms with van der Waals surface area (Å²) in [6.07, 6.45) is 0. The summed E-state index contributed by atoms with van der Waals surface area (Å²) < 4.78 is 0. The molecule has 0 radical (unpaired) electrons. The van der Waals surface area contributed by atoms with Gasteiger partial charge >= 0.3 is 0 Å². The molecule has 2 N–H and O–H groups in total. The molecule has 0 unspecified atom stereocenters. The highest BCUT2D eigenvalue weighted by Gasteiger charge is 2.18.